The van der Waals surface area contributed by atoms with Gasteiger partial charge in [-0.05, 0) is 48.5 Å². The first-order chi connectivity index (χ1) is 14.7. The first kappa shape index (κ1) is 19.2. The number of hydrogen-bond acceptors (Lipinski definition) is 5. The summed E-state index contributed by atoms with van der Waals surface area (Å²) in [5.74, 6) is -0.0497. The van der Waals surface area contributed by atoms with Crippen molar-refractivity contribution in [2.75, 3.05) is 12.0 Å². The number of methoxy groups -OCH3 is 1. The summed E-state index contributed by atoms with van der Waals surface area (Å²) in [4.78, 5) is 27.2. The van der Waals surface area contributed by atoms with E-state index in [0.717, 1.165) is 0 Å². The molecule has 4 rings (SSSR count). The van der Waals surface area contributed by atoms with Gasteiger partial charge in [0.25, 0.3) is 5.91 Å². The third-order valence-electron chi connectivity index (χ3n) is 4.61. The fraction of sp³-hybridized carbons (Fsp3) is 0.0870. The van der Waals surface area contributed by atoms with Gasteiger partial charge in [-0.25, -0.2) is 9.36 Å². The highest BCUT2D eigenvalue weighted by Crippen LogP contribution is 2.26. The van der Waals surface area contributed by atoms with Gasteiger partial charge in [0.2, 0.25) is 0 Å². The Balaban J connectivity index is 1.70. The topological polar surface area (TPSA) is 77.6 Å². The van der Waals surface area contributed by atoms with Gasteiger partial charge in [-0.15, -0.1) is 0 Å². The second-order valence-corrected chi connectivity index (χ2v) is 6.49. The van der Waals surface area contributed by atoms with E-state index in [1.165, 1.54) is 4.57 Å². The number of anilines is 2. The van der Waals surface area contributed by atoms with Crippen LogP contribution in [-0.2, 0) is 11.3 Å². The first-order valence-electron chi connectivity index (χ1n) is 9.31. The highest BCUT2D eigenvalue weighted by molar-refractivity contribution is 6.00. The van der Waals surface area contributed by atoms with Crippen molar-refractivity contribution in [1.29, 1.82) is 0 Å². The Hall–Kier alpha value is -4.13. The van der Waals surface area contributed by atoms with Crippen molar-refractivity contribution in [2.24, 2.45) is 0 Å². The predicted octanol–water partition coefficient (Wildman–Crippen LogP) is 3.88. The van der Waals surface area contributed by atoms with E-state index in [0.29, 0.717) is 22.7 Å². The number of nitrogens with zero attached hydrogens (tertiary/aromatic N) is 3. The molecule has 0 radical (unpaired) electrons. The van der Waals surface area contributed by atoms with Gasteiger partial charge in [-0.3, -0.25) is 14.2 Å². The smallest absolute Gasteiger partial charge is 0.442 e. The summed E-state index contributed by atoms with van der Waals surface area (Å²) in [5, 5.41) is 3.86. The SMILES string of the molecule is COc1ccc(-c2noc(=O)n2CC(=O)N(c2ccccc2)c2ccccc2)cc1. The Bertz CT molecular complexity index is 1140. The van der Waals surface area contributed by atoms with E-state index in [9.17, 15) is 9.59 Å². The van der Waals surface area contributed by atoms with Gasteiger partial charge >= 0.3 is 5.76 Å². The van der Waals surface area contributed by atoms with E-state index >= 15 is 0 Å². The van der Waals surface area contributed by atoms with Crippen LogP contribution in [-0.4, -0.2) is 22.7 Å². The van der Waals surface area contributed by atoms with Crippen molar-refractivity contribution in [1.82, 2.24) is 9.72 Å². The molecule has 0 unspecified atom stereocenters. The molecule has 1 heterocycles. The number of hydrogen-bond donors (Lipinski definition) is 0. The summed E-state index contributed by atoms with van der Waals surface area (Å²) in [6, 6.07) is 25.5. The van der Waals surface area contributed by atoms with E-state index in [4.69, 9.17) is 9.26 Å². The number of rotatable bonds is 6. The molecule has 0 bridgehead atoms. The van der Waals surface area contributed by atoms with Gasteiger partial charge < -0.3 is 4.74 Å². The van der Waals surface area contributed by atoms with E-state index < -0.39 is 5.76 Å². The van der Waals surface area contributed by atoms with E-state index in [1.54, 1.807) is 36.3 Å². The largest absolute Gasteiger partial charge is 0.497 e. The molecular weight excluding hydrogens is 382 g/mol. The van der Waals surface area contributed by atoms with Crippen LogP contribution < -0.4 is 15.4 Å². The summed E-state index contributed by atoms with van der Waals surface area (Å²) in [6.45, 7) is -0.229. The molecule has 0 saturated carbocycles. The molecule has 0 atom stereocenters. The summed E-state index contributed by atoms with van der Waals surface area (Å²) >= 11 is 0. The zero-order chi connectivity index (χ0) is 20.9. The number of ether oxygens (including phenoxy) is 1. The summed E-state index contributed by atoms with van der Waals surface area (Å²) < 4.78 is 11.2. The van der Waals surface area contributed by atoms with Crippen LogP contribution in [0.4, 0.5) is 11.4 Å². The molecule has 7 heteroatoms. The maximum absolute atomic E-state index is 13.3. The maximum atomic E-state index is 13.3. The van der Waals surface area contributed by atoms with Crippen molar-refractivity contribution in [2.45, 2.75) is 6.54 Å². The highest BCUT2D eigenvalue weighted by atomic mass is 16.5. The summed E-state index contributed by atoms with van der Waals surface area (Å²) in [5.41, 5.74) is 2.04. The minimum Gasteiger partial charge on any atom is -0.497 e. The molecular formula is C23H19N3O4. The Morgan fingerprint density at radius 3 is 2.03 bits per heavy atom. The number of aromatic nitrogens is 2. The van der Waals surface area contributed by atoms with Crippen LogP contribution in [0.2, 0.25) is 0 Å². The van der Waals surface area contributed by atoms with E-state index in [1.807, 2.05) is 60.7 Å². The van der Waals surface area contributed by atoms with Crippen LogP contribution >= 0.6 is 0 Å². The van der Waals surface area contributed by atoms with Gasteiger partial charge in [0.1, 0.15) is 12.3 Å². The Kier molecular flexibility index (Phi) is 5.43. The summed E-state index contributed by atoms with van der Waals surface area (Å²) in [7, 11) is 1.57. The second kappa shape index (κ2) is 8.48. The lowest BCUT2D eigenvalue weighted by Gasteiger charge is -2.23. The van der Waals surface area contributed by atoms with Crippen molar-refractivity contribution in [3.05, 3.63) is 95.5 Å². The van der Waals surface area contributed by atoms with Crippen molar-refractivity contribution < 1.29 is 14.1 Å². The van der Waals surface area contributed by atoms with Crippen LogP contribution in [0.15, 0.2) is 94.2 Å². The molecule has 0 spiro atoms. The average Bonchev–Trinajstić information content (AvgIpc) is 3.15. The fourth-order valence-corrected chi connectivity index (χ4v) is 3.15. The number of para-hydroxylation sites is 2. The Morgan fingerprint density at radius 2 is 1.50 bits per heavy atom. The molecule has 4 aromatic rings. The molecule has 30 heavy (non-hydrogen) atoms. The summed E-state index contributed by atoms with van der Waals surface area (Å²) in [6.07, 6.45) is 0. The quantitative estimate of drug-likeness (QED) is 0.490. The van der Waals surface area contributed by atoms with E-state index in [2.05, 4.69) is 5.16 Å². The zero-order valence-corrected chi connectivity index (χ0v) is 16.3. The average molecular weight is 401 g/mol. The van der Waals surface area contributed by atoms with Gasteiger partial charge in [0, 0.05) is 16.9 Å². The lowest BCUT2D eigenvalue weighted by molar-refractivity contribution is -0.118. The van der Waals surface area contributed by atoms with Crippen LogP contribution in [0, 0.1) is 0 Å². The van der Waals surface area contributed by atoms with Crippen LogP contribution in [0.1, 0.15) is 0 Å². The van der Waals surface area contributed by atoms with Gasteiger partial charge in [-0.1, -0.05) is 41.6 Å². The Labute approximate surface area is 172 Å². The van der Waals surface area contributed by atoms with Crippen molar-refractivity contribution in [3.8, 4) is 17.1 Å². The van der Waals surface area contributed by atoms with Crippen LogP contribution in [0.3, 0.4) is 0 Å². The van der Waals surface area contributed by atoms with Gasteiger partial charge in [0.15, 0.2) is 5.82 Å². The van der Waals surface area contributed by atoms with Crippen LogP contribution in [0.5, 0.6) is 5.75 Å². The molecule has 1 aromatic heterocycles. The maximum Gasteiger partial charge on any atom is 0.442 e. The minimum absolute atomic E-state index is 0.229. The lowest BCUT2D eigenvalue weighted by Crippen LogP contribution is -2.32. The van der Waals surface area contributed by atoms with Gasteiger partial charge in [0.05, 0.1) is 7.11 Å². The number of carbonyl (C=O) groups excluding carboxylic acids is 1. The third kappa shape index (κ3) is 3.86. The van der Waals surface area contributed by atoms with Gasteiger partial charge in [-0.2, -0.15) is 0 Å². The van der Waals surface area contributed by atoms with Crippen molar-refractivity contribution in [3.63, 3.8) is 0 Å². The first-order valence-corrected chi connectivity index (χ1v) is 9.31. The third-order valence-corrected chi connectivity index (χ3v) is 4.61. The number of benzene rings is 3. The predicted molar refractivity (Wildman–Crippen MR) is 113 cm³/mol. The highest BCUT2D eigenvalue weighted by Gasteiger charge is 2.22. The minimum atomic E-state index is -0.699. The molecule has 150 valence electrons. The number of amides is 1. The molecule has 1 amide bonds. The number of carbonyl (C=O) groups is 1. The lowest BCUT2D eigenvalue weighted by atomic mass is 10.2. The molecule has 0 aliphatic heterocycles. The molecule has 0 N–H and O–H groups in total. The molecule has 0 aliphatic carbocycles. The molecule has 3 aromatic carbocycles. The molecule has 0 aliphatic rings. The Morgan fingerprint density at radius 1 is 0.933 bits per heavy atom. The molecule has 7 nitrogen and oxygen atoms in total. The standard InChI is InChI=1S/C23H19N3O4/c1-29-20-14-12-17(13-15-20)22-24-30-23(28)25(22)16-21(27)26(18-8-4-2-5-9-18)19-10-6-3-7-11-19/h2-15H,16H2,1H3. The molecule has 0 fully saturated rings. The zero-order valence-electron chi connectivity index (χ0n) is 16.3. The molecule has 0 saturated heterocycles. The van der Waals surface area contributed by atoms with Crippen LogP contribution in [0.25, 0.3) is 11.4 Å². The van der Waals surface area contributed by atoms with E-state index in [-0.39, 0.29) is 18.3 Å². The fourth-order valence-electron chi connectivity index (χ4n) is 3.15. The normalized spacial score (nSPS) is 10.6. The van der Waals surface area contributed by atoms with Crippen molar-refractivity contribution >= 4 is 17.3 Å². The monoisotopic (exact) mass is 401 g/mol. The second-order valence-electron chi connectivity index (χ2n) is 6.49.